The maximum Gasteiger partial charge on any atom is 2.00 e. The van der Waals surface area contributed by atoms with Crippen molar-refractivity contribution >= 4 is 122 Å². The molecule has 0 rings (SSSR count). The third kappa shape index (κ3) is 17.7. The van der Waals surface area contributed by atoms with Crippen molar-refractivity contribution in [2.75, 3.05) is 0 Å². The third-order valence-electron chi connectivity index (χ3n) is 0. The molecule has 0 saturated heterocycles. The SMILES string of the molecule is [Ca+2].[Ca+2].[Fe].[H-].[H-].[H-].[H-].[H-].[H-].[H-].[H-].[Mg+2].[Mg+2]. The van der Waals surface area contributed by atoms with E-state index in [1.165, 1.54) is 0 Å². The maximum absolute atomic E-state index is 0. The molecule has 0 aliphatic carbocycles. The molecule has 0 atom stereocenters. The van der Waals surface area contributed by atoms with E-state index in [0.29, 0.717) is 0 Å². The summed E-state index contributed by atoms with van der Waals surface area (Å²) in [7, 11) is 0. The van der Waals surface area contributed by atoms with Gasteiger partial charge in [-0.05, 0) is 0 Å². The van der Waals surface area contributed by atoms with Gasteiger partial charge in [0.2, 0.25) is 0 Å². The summed E-state index contributed by atoms with van der Waals surface area (Å²) < 4.78 is 0. The smallest absolute Gasteiger partial charge is 1.00 e. The van der Waals surface area contributed by atoms with Crippen molar-refractivity contribution in [3.05, 3.63) is 0 Å². The zero-order valence-corrected chi connectivity index (χ0v) is 11.5. The van der Waals surface area contributed by atoms with Gasteiger partial charge in [0.15, 0.2) is 0 Å². The molecular formula is H8Ca2FeMg2. The van der Waals surface area contributed by atoms with Crippen LogP contribution in [0.5, 0.6) is 0 Å². The summed E-state index contributed by atoms with van der Waals surface area (Å²) in [5, 5.41) is 0. The molecule has 0 fully saturated rings. The largest absolute Gasteiger partial charge is 2.00 e. The molecule has 0 heterocycles. The molecule has 0 N–H and O–H groups in total. The van der Waals surface area contributed by atoms with Crippen molar-refractivity contribution in [3.63, 3.8) is 0 Å². The van der Waals surface area contributed by atoms with Crippen LogP contribution < -0.4 is 0 Å². The van der Waals surface area contributed by atoms with E-state index in [1.54, 1.807) is 0 Å². The second-order valence-electron chi connectivity index (χ2n) is 0. The van der Waals surface area contributed by atoms with Crippen LogP contribution in [0.1, 0.15) is 11.4 Å². The number of rotatable bonds is 0. The predicted molar refractivity (Wildman–Crippen MR) is 31.9 cm³/mol. The van der Waals surface area contributed by atoms with Crippen molar-refractivity contribution in [1.82, 2.24) is 0 Å². The molecule has 0 nitrogen and oxygen atoms in total. The molecule has 24 valence electrons. The third-order valence-corrected chi connectivity index (χ3v) is 0. The van der Waals surface area contributed by atoms with Crippen molar-refractivity contribution in [2.24, 2.45) is 0 Å². The van der Waals surface area contributed by atoms with Gasteiger partial charge in [-0.1, -0.05) is 0 Å². The van der Waals surface area contributed by atoms with Gasteiger partial charge >= 0.3 is 122 Å². The van der Waals surface area contributed by atoms with E-state index in [2.05, 4.69) is 0 Å². The molecule has 0 amide bonds. The van der Waals surface area contributed by atoms with E-state index < -0.39 is 0 Å². The molecule has 0 aromatic carbocycles. The molecule has 0 aromatic heterocycles. The summed E-state index contributed by atoms with van der Waals surface area (Å²) in [5.74, 6) is 0. The van der Waals surface area contributed by atoms with Crippen LogP contribution in [-0.4, -0.2) is 122 Å². The van der Waals surface area contributed by atoms with Crippen molar-refractivity contribution in [3.8, 4) is 0 Å². The molecule has 5 heteroatoms. The van der Waals surface area contributed by atoms with E-state index in [-0.39, 0.29) is 150 Å². The van der Waals surface area contributed by atoms with Crippen LogP contribution in [0, 0.1) is 0 Å². The predicted octanol–water partition coefficient (Wildman–Crippen LogP) is -0.626. The van der Waals surface area contributed by atoms with Crippen LogP contribution >= 0.6 is 0 Å². The van der Waals surface area contributed by atoms with Gasteiger partial charge in [0.1, 0.15) is 0 Å². The van der Waals surface area contributed by atoms with Gasteiger partial charge < -0.3 is 11.4 Å². The molecule has 0 aliphatic heterocycles. The molecule has 0 spiro atoms. The van der Waals surface area contributed by atoms with Crippen molar-refractivity contribution in [1.29, 1.82) is 0 Å². The number of hydrogen-bond donors (Lipinski definition) is 0. The van der Waals surface area contributed by atoms with Gasteiger partial charge in [-0.2, -0.15) is 0 Å². The Morgan fingerprint density at radius 1 is 0.800 bits per heavy atom. The van der Waals surface area contributed by atoms with Crippen LogP contribution in [0.25, 0.3) is 0 Å². The van der Waals surface area contributed by atoms with Crippen LogP contribution in [0.15, 0.2) is 0 Å². The van der Waals surface area contributed by atoms with Gasteiger partial charge in [0.25, 0.3) is 0 Å². The minimum atomic E-state index is 0. The fraction of sp³-hybridized carbons (Fsp3) is 0. The van der Waals surface area contributed by atoms with Gasteiger partial charge in [-0.25, -0.2) is 0 Å². The molecule has 5 heavy (non-hydrogen) atoms. The molecule has 0 aromatic rings. The Bertz CT molecular complexity index is 20.1. The fourth-order valence-corrected chi connectivity index (χ4v) is 0. The van der Waals surface area contributed by atoms with E-state index in [0.717, 1.165) is 0 Å². The zero-order valence-electron chi connectivity index (χ0n) is 11.2. The first-order valence-electron chi connectivity index (χ1n) is 0. The van der Waals surface area contributed by atoms with Crippen molar-refractivity contribution in [2.45, 2.75) is 0 Å². The Kier molecular flexibility index (Phi) is 158. The van der Waals surface area contributed by atoms with Gasteiger partial charge in [-0.15, -0.1) is 0 Å². The van der Waals surface area contributed by atoms with Crippen LogP contribution in [-0.2, 0) is 17.1 Å². The topological polar surface area (TPSA) is 0 Å². The zero-order chi connectivity index (χ0) is 0. The Labute approximate surface area is 147 Å². The summed E-state index contributed by atoms with van der Waals surface area (Å²) in [6.45, 7) is 0. The van der Waals surface area contributed by atoms with Gasteiger partial charge in [0, 0.05) is 17.1 Å². The standard InChI is InChI=1S/2Ca.Fe.2Mg.8H/q2*+2;;2*+2;8*-1. The van der Waals surface area contributed by atoms with Gasteiger partial charge in [0.05, 0.1) is 0 Å². The average molecular weight is 193 g/mol. The first-order valence-corrected chi connectivity index (χ1v) is 0. The molecular weight excluding hydrogens is 185 g/mol. The Morgan fingerprint density at radius 3 is 0.800 bits per heavy atom. The summed E-state index contributed by atoms with van der Waals surface area (Å²) in [6.07, 6.45) is 0. The molecule has 0 bridgehead atoms. The minimum absolute atomic E-state index is 0. The van der Waals surface area contributed by atoms with Crippen LogP contribution in [0.2, 0.25) is 0 Å². The van der Waals surface area contributed by atoms with Crippen molar-refractivity contribution < 1.29 is 28.5 Å². The molecule has 0 saturated carbocycles. The second kappa shape index (κ2) is 23.5. The van der Waals surface area contributed by atoms with E-state index in [9.17, 15) is 0 Å². The van der Waals surface area contributed by atoms with Gasteiger partial charge in [-0.3, -0.25) is 0 Å². The van der Waals surface area contributed by atoms with Crippen LogP contribution in [0.3, 0.4) is 0 Å². The molecule has 0 unspecified atom stereocenters. The normalized spacial score (nSPS) is 0. The molecule has 0 radical (unpaired) electrons. The Morgan fingerprint density at radius 2 is 0.800 bits per heavy atom. The monoisotopic (exact) mass is 192 g/mol. The van der Waals surface area contributed by atoms with Crippen LogP contribution in [0.4, 0.5) is 0 Å². The van der Waals surface area contributed by atoms with E-state index in [1.807, 2.05) is 0 Å². The first kappa shape index (κ1) is 33.6. The summed E-state index contributed by atoms with van der Waals surface area (Å²) >= 11 is 0. The number of hydrogen-bond acceptors (Lipinski definition) is 0. The quantitative estimate of drug-likeness (QED) is 0.449. The average Bonchev–Trinajstić information content (AvgIpc) is 0. The molecule has 0 aliphatic rings. The minimum Gasteiger partial charge on any atom is -1.00 e. The summed E-state index contributed by atoms with van der Waals surface area (Å²) in [5.41, 5.74) is 0. The Hall–Kier alpha value is 4.57. The Balaban J connectivity index is 0. The summed E-state index contributed by atoms with van der Waals surface area (Å²) in [4.78, 5) is 0. The fourth-order valence-electron chi connectivity index (χ4n) is 0. The first-order chi connectivity index (χ1) is 0. The van der Waals surface area contributed by atoms with E-state index in [4.69, 9.17) is 0 Å². The second-order valence-corrected chi connectivity index (χ2v) is 0. The van der Waals surface area contributed by atoms with E-state index >= 15 is 0 Å². The summed E-state index contributed by atoms with van der Waals surface area (Å²) in [6, 6.07) is 0. The maximum atomic E-state index is 0.